The van der Waals surface area contributed by atoms with Crippen molar-refractivity contribution in [1.29, 1.82) is 0 Å². The van der Waals surface area contributed by atoms with E-state index < -0.39 is 5.54 Å². The number of hydrogen-bond acceptors (Lipinski definition) is 3. The van der Waals surface area contributed by atoms with Gasteiger partial charge in [0.05, 0.1) is 0 Å². The van der Waals surface area contributed by atoms with Crippen LogP contribution in [-0.2, 0) is 11.2 Å². The van der Waals surface area contributed by atoms with E-state index in [1.165, 1.54) is 29.9 Å². The molecule has 3 fully saturated rings. The van der Waals surface area contributed by atoms with E-state index in [9.17, 15) is 14.0 Å². The summed E-state index contributed by atoms with van der Waals surface area (Å²) in [5.74, 6) is -0.270. The minimum atomic E-state index is -0.913. The van der Waals surface area contributed by atoms with E-state index in [2.05, 4.69) is 10.6 Å². The highest BCUT2D eigenvalue weighted by molar-refractivity contribution is 6.07. The van der Waals surface area contributed by atoms with Crippen molar-refractivity contribution in [3.05, 3.63) is 35.6 Å². The van der Waals surface area contributed by atoms with Gasteiger partial charge in [0.25, 0.3) is 5.91 Å². The number of urea groups is 1. The second-order valence-corrected chi connectivity index (χ2v) is 8.55. The van der Waals surface area contributed by atoms with Gasteiger partial charge in [-0.15, -0.1) is 0 Å². The highest BCUT2D eigenvalue weighted by atomic mass is 19.1. The lowest BCUT2D eigenvalue weighted by Crippen LogP contribution is -2.57. The van der Waals surface area contributed by atoms with Gasteiger partial charge >= 0.3 is 6.03 Å². The van der Waals surface area contributed by atoms with Crippen LogP contribution in [0.5, 0.6) is 0 Å². The second-order valence-electron chi connectivity index (χ2n) is 8.55. The maximum Gasteiger partial charge on any atom is 0.325 e. The molecule has 0 spiro atoms. The van der Waals surface area contributed by atoms with Gasteiger partial charge in [-0.1, -0.05) is 37.8 Å². The lowest BCUT2D eigenvalue weighted by molar-refractivity contribution is -0.135. The maximum absolute atomic E-state index is 13.8. The van der Waals surface area contributed by atoms with Gasteiger partial charge in [-0.05, 0) is 62.4 Å². The summed E-state index contributed by atoms with van der Waals surface area (Å²) in [4.78, 5) is 28.3. The van der Waals surface area contributed by atoms with Gasteiger partial charge in [0.1, 0.15) is 11.4 Å². The summed E-state index contributed by atoms with van der Waals surface area (Å²) in [6, 6.07) is 6.08. The third-order valence-corrected chi connectivity index (χ3v) is 6.77. The first kappa shape index (κ1) is 19.4. The van der Waals surface area contributed by atoms with Crippen molar-refractivity contribution in [1.82, 2.24) is 15.5 Å². The van der Waals surface area contributed by atoms with Crippen LogP contribution in [0.15, 0.2) is 24.3 Å². The van der Waals surface area contributed by atoms with Crippen LogP contribution in [0.25, 0.3) is 0 Å². The third-order valence-electron chi connectivity index (χ3n) is 6.77. The Balaban J connectivity index is 1.65. The molecule has 3 aliphatic rings. The summed E-state index contributed by atoms with van der Waals surface area (Å²) >= 11 is 0. The standard InChI is InChI=1S/C22H30FN3O2/c23-18-9-7-16(8-10-18)15-22(17-11-13-24-14-12-17)20(27)26(21(28)25-22)19-5-3-1-2-4-6-19/h7-10,17,19,24H,1-6,11-15H2,(H,25,28). The minimum Gasteiger partial charge on any atom is -0.322 e. The van der Waals surface area contributed by atoms with Gasteiger partial charge in [-0.25, -0.2) is 9.18 Å². The predicted molar refractivity (Wildman–Crippen MR) is 105 cm³/mol. The number of hydrogen-bond donors (Lipinski definition) is 2. The molecule has 0 radical (unpaired) electrons. The molecule has 3 amide bonds. The van der Waals surface area contributed by atoms with E-state index in [-0.39, 0.29) is 29.7 Å². The van der Waals surface area contributed by atoms with Crippen LogP contribution >= 0.6 is 0 Å². The van der Waals surface area contributed by atoms with Crippen molar-refractivity contribution in [2.45, 2.75) is 69.4 Å². The minimum absolute atomic E-state index is 0.00630. The van der Waals surface area contributed by atoms with Crippen molar-refractivity contribution in [3.8, 4) is 0 Å². The number of piperidine rings is 1. The van der Waals surface area contributed by atoms with E-state index in [1.54, 1.807) is 12.1 Å². The first-order valence-corrected chi connectivity index (χ1v) is 10.7. The molecule has 152 valence electrons. The summed E-state index contributed by atoms with van der Waals surface area (Å²) in [6.45, 7) is 1.70. The second kappa shape index (κ2) is 8.19. The molecule has 1 unspecified atom stereocenters. The normalized spacial score (nSPS) is 27.7. The van der Waals surface area contributed by atoms with Crippen LogP contribution in [0.1, 0.15) is 56.9 Å². The summed E-state index contributed by atoms with van der Waals surface area (Å²) in [5, 5.41) is 6.48. The Morgan fingerprint density at radius 3 is 2.25 bits per heavy atom. The summed E-state index contributed by atoms with van der Waals surface area (Å²) < 4.78 is 13.4. The molecule has 5 nitrogen and oxygen atoms in total. The highest BCUT2D eigenvalue weighted by Gasteiger charge is 2.56. The van der Waals surface area contributed by atoms with Gasteiger partial charge in [0, 0.05) is 12.5 Å². The molecule has 1 aliphatic carbocycles. The quantitative estimate of drug-likeness (QED) is 0.615. The van der Waals surface area contributed by atoms with Gasteiger partial charge in [-0.3, -0.25) is 9.69 Å². The molecule has 1 atom stereocenters. The van der Waals surface area contributed by atoms with Crippen LogP contribution < -0.4 is 10.6 Å². The molecule has 2 N–H and O–H groups in total. The van der Waals surface area contributed by atoms with E-state index in [0.717, 1.165) is 57.2 Å². The summed E-state index contributed by atoms with van der Waals surface area (Å²) in [6.07, 6.45) is 8.42. The van der Waals surface area contributed by atoms with Crippen molar-refractivity contribution in [3.63, 3.8) is 0 Å². The molecule has 2 saturated heterocycles. The SMILES string of the molecule is O=C1NC(Cc2ccc(F)cc2)(C2CCNCC2)C(=O)N1C1CCCCCC1. The number of carbonyl (C=O) groups excluding carboxylic acids is 2. The van der Waals surface area contributed by atoms with Crippen LogP contribution in [-0.4, -0.2) is 41.5 Å². The number of amides is 3. The molecule has 1 saturated carbocycles. The molecular formula is C22H30FN3O2. The van der Waals surface area contributed by atoms with Crippen LogP contribution in [0.2, 0.25) is 0 Å². The molecule has 1 aromatic rings. The van der Waals surface area contributed by atoms with Crippen molar-refractivity contribution >= 4 is 11.9 Å². The Hall–Kier alpha value is -1.95. The topological polar surface area (TPSA) is 61.4 Å². The zero-order valence-electron chi connectivity index (χ0n) is 16.4. The van der Waals surface area contributed by atoms with Gasteiger partial charge in [0.2, 0.25) is 0 Å². The third kappa shape index (κ3) is 3.66. The van der Waals surface area contributed by atoms with Crippen LogP contribution in [0, 0.1) is 11.7 Å². The Labute approximate surface area is 166 Å². The molecule has 2 heterocycles. The molecular weight excluding hydrogens is 357 g/mol. The van der Waals surface area contributed by atoms with Crippen molar-refractivity contribution in [2.24, 2.45) is 5.92 Å². The largest absolute Gasteiger partial charge is 0.325 e. The Morgan fingerprint density at radius 1 is 0.964 bits per heavy atom. The Kier molecular flexibility index (Phi) is 5.67. The Bertz CT molecular complexity index is 709. The number of nitrogens with one attached hydrogen (secondary N) is 2. The number of nitrogens with zero attached hydrogens (tertiary/aromatic N) is 1. The van der Waals surface area contributed by atoms with Gasteiger partial charge in [-0.2, -0.15) is 0 Å². The first-order valence-electron chi connectivity index (χ1n) is 10.7. The maximum atomic E-state index is 13.8. The molecule has 2 aliphatic heterocycles. The molecule has 4 rings (SSSR count). The highest BCUT2D eigenvalue weighted by Crippen LogP contribution is 2.37. The average Bonchev–Trinajstić information content (AvgIpc) is 2.88. The number of halogens is 1. The predicted octanol–water partition coefficient (Wildman–Crippen LogP) is 3.38. The number of rotatable bonds is 4. The first-order chi connectivity index (χ1) is 13.6. The summed E-state index contributed by atoms with van der Waals surface area (Å²) in [5.41, 5.74) is -0.0279. The van der Waals surface area contributed by atoms with Crippen LogP contribution in [0.3, 0.4) is 0 Å². The lowest BCUT2D eigenvalue weighted by Gasteiger charge is -2.38. The van der Waals surface area contributed by atoms with Crippen LogP contribution in [0.4, 0.5) is 9.18 Å². The number of benzene rings is 1. The number of carbonyl (C=O) groups is 2. The fourth-order valence-corrected chi connectivity index (χ4v) is 5.24. The smallest absolute Gasteiger partial charge is 0.322 e. The fraction of sp³-hybridized carbons (Fsp3) is 0.636. The molecule has 1 aromatic carbocycles. The van der Waals surface area contributed by atoms with E-state index in [0.29, 0.717) is 6.42 Å². The zero-order chi connectivity index (χ0) is 19.6. The molecule has 28 heavy (non-hydrogen) atoms. The average molecular weight is 387 g/mol. The number of imide groups is 1. The van der Waals surface area contributed by atoms with E-state index in [1.807, 2.05) is 0 Å². The zero-order valence-corrected chi connectivity index (χ0v) is 16.4. The fourth-order valence-electron chi connectivity index (χ4n) is 5.24. The Morgan fingerprint density at radius 2 is 1.61 bits per heavy atom. The molecule has 0 aromatic heterocycles. The van der Waals surface area contributed by atoms with Crippen molar-refractivity contribution < 1.29 is 14.0 Å². The van der Waals surface area contributed by atoms with E-state index in [4.69, 9.17) is 0 Å². The lowest BCUT2D eigenvalue weighted by atomic mass is 9.74. The van der Waals surface area contributed by atoms with E-state index >= 15 is 0 Å². The van der Waals surface area contributed by atoms with Gasteiger partial charge < -0.3 is 10.6 Å². The summed E-state index contributed by atoms with van der Waals surface area (Å²) in [7, 11) is 0. The monoisotopic (exact) mass is 387 g/mol. The van der Waals surface area contributed by atoms with Crippen molar-refractivity contribution in [2.75, 3.05) is 13.1 Å². The molecule has 0 bridgehead atoms. The van der Waals surface area contributed by atoms with Gasteiger partial charge in [0.15, 0.2) is 0 Å². The molecule has 6 heteroatoms.